The molecule has 0 unspecified atom stereocenters. The number of benzene rings is 3. The van der Waals surface area contributed by atoms with Gasteiger partial charge in [0.05, 0.1) is 0 Å². The highest BCUT2D eigenvalue weighted by Crippen LogP contribution is 2.24. The molecule has 0 aliphatic rings. The molecular weight excluding hydrogens is 358 g/mol. The first kappa shape index (κ1) is 18.6. The Morgan fingerprint density at radius 1 is 0.852 bits per heavy atom. The summed E-state index contributed by atoms with van der Waals surface area (Å²) in [6, 6.07) is 23.6. The molecule has 0 atom stereocenters. The molecule has 1 N–H and O–H groups in total. The van der Waals surface area contributed by atoms with E-state index in [4.69, 9.17) is 11.6 Å². The molecule has 27 heavy (non-hydrogen) atoms. The number of amides is 1. The number of Topliss-reactive ketones (excluding diaryl/α,β-unsaturated/α-hetero) is 1. The molecule has 3 rings (SSSR count). The highest BCUT2D eigenvalue weighted by atomic mass is 35.5. The molecule has 0 saturated heterocycles. The van der Waals surface area contributed by atoms with Gasteiger partial charge in [0.25, 0.3) is 5.91 Å². The molecule has 4 heteroatoms. The summed E-state index contributed by atoms with van der Waals surface area (Å²) in [5.41, 5.74) is 3.12. The number of nitrogens with one attached hydrogen (secondary N) is 1. The number of carbonyl (C=O) groups excluding carboxylic acids is 2. The lowest BCUT2D eigenvalue weighted by atomic mass is 10.0. The smallest absolute Gasteiger partial charge is 0.256 e. The predicted octanol–water partition coefficient (Wildman–Crippen LogP) is 5.72. The van der Waals surface area contributed by atoms with Crippen LogP contribution in [0, 0.1) is 0 Å². The van der Waals surface area contributed by atoms with E-state index in [1.54, 1.807) is 36.4 Å². The Labute approximate surface area is 163 Å². The number of halogens is 1. The van der Waals surface area contributed by atoms with Crippen molar-refractivity contribution in [1.82, 2.24) is 0 Å². The summed E-state index contributed by atoms with van der Waals surface area (Å²) in [6.07, 6.45) is 1.77. The van der Waals surface area contributed by atoms with Crippen molar-refractivity contribution in [1.29, 1.82) is 0 Å². The van der Waals surface area contributed by atoms with Gasteiger partial charge in [-0.15, -0.1) is 0 Å². The van der Waals surface area contributed by atoms with Crippen molar-refractivity contribution in [2.75, 3.05) is 5.32 Å². The Balaban J connectivity index is 1.98. The van der Waals surface area contributed by atoms with Crippen LogP contribution in [-0.4, -0.2) is 11.7 Å². The predicted molar refractivity (Wildman–Crippen MR) is 111 cm³/mol. The fraction of sp³-hybridized carbons (Fsp3) is 0.0435. The number of rotatable bonds is 5. The molecule has 0 aliphatic carbocycles. The maximum atomic E-state index is 13.0. The quantitative estimate of drug-likeness (QED) is 0.352. The van der Waals surface area contributed by atoms with Crippen LogP contribution in [0.3, 0.4) is 0 Å². The molecule has 0 aromatic heterocycles. The minimum absolute atomic E-state index is 0.0546. The molecule has 0 bridgehead atoms. The van der Waals surface area contributed by atoms with Crippen LogP contribution >= 0.6 is 11.6 Å². The van der Waals surface area contributed by atoms with Gasteiger partial charge in [-0.1, -0.05) is 72.3 Å². The second-order valence-corrected chi connectivity index (χ2v) is 6.44. The minimum atomic E-state index is -0.276. The molecule has 134 valence electrons. The topological polar surface area (TPSA) is 46.2 Å². The van der Waals surface area contributed by atoms with Crippen LogP contribution in [0.4, 0.5) is 5.69 Å². The van der Waals surface area contributed by atoms with Gasteiger partial charge < -0.3 is 5.32 Å². The summed E-state index contributed by atoms with van der Waals surface area (Å²) in [4.78, 5) is 24.6. The van der Waals surface area contributed by atoms with Crippen LogP contribution in [-0.2, 0) is 4.79 Å². The molecule has 0 fully saturated rings. The first-order chi connectivity index (χ1) is 13.0. The first-order valence-electron chi connectivity index (χ1n) is 8.48. The molecular formula is C23H18ClNO2. The van der Waals surface area contributed by atoms with E-state index in [1.165, 1.54) is 6.92 Å². The minimum Gasteiger partial charge on any atom is -0.322 e. The zero-order chi connectivity index (χ0) is 19.2. The van der Waals surface area contributed by atoms with Crippen molar-refractivity contribution < 1.29 is 9.59 Å². The van der Waals surface area contributed by atoms with E-state index >= 15 is 0 Å². The second-order valence-electron chi connectivity index (χ2n) is 6.04. The number of hydrogen-bond donors (Lipinski definition) is 1. The molecule has 0 heterocycles. The molecule has 3 aromatic rings. The van der Waals surface area contributed by atoms with E-state index in [2.05, 4.69) is 5.32 Å². The zero-order valence-corrected chi connectivity index (χ0v) is 15.5. The summed E-state index contributed by atoms with van der Waals surface area (Å²) in [5.74, 6) is -0.331. The first-order valence-corrected chi connectivity index (χ1v) is 8.86. The van der Waals surface area contributed by atoms with Crippen LogP contribution in [0.5, 0.6) is 0 Å². The molecule has 0 saturated carbocycles. The molecule has 0 aliphatic heterocycles. The maximum absolute atomic E-state index is 13.0. The van der Waals surface area contributed by atoms with Crippen molar-refractivity contribution >= 4 is 40.6 Å². The highest BCUT2D eigenvalue weighted by Gasteiger charge is 2.14. The fourth-order valence-corrected chi connectivity index (χ4v) is 2.85. The second kappa shape index (κ2) is 8.47. The summed E-state index contributed by atoms with van der Waals surface area (Å²) < 4.78 is 0. The Kier molecular flexibility index (Phi) is 5.84. The standard InChI is InChI=1S/C23H18ClNO2/c1-16(26)18-11-7-12-20(14-18)25-23(27)21(17-8-3-2-4-9-17)15-19-10-5-6-13-22(19)24/h2-15H,1H3,(H,25,27)/b21-15+. The van der Waals surface area contributed by atoms with Crippen molar-refractivity contribution in [2.24, 2.45) is 0 Å². The van der Waals surface area contributed by atoms with Gasteiger partial charge in [-0.05, 0) is 42.3 Å². The van der Waals surface area contributed by atoms with Crippen LogP contribution in [0.1, 0.15) is 28.4 Å². The van der Waals surface area contributed by atoms with Crippen LogP contribution < -0.4 is 5.32 Å². The van der Waals surface area contributed by atoms with Gasteiger partial charge in [-0.3, -0.25) is 9.59 Å². The number of ketones is 1. The lowest BCUT2D eigenvalue weighted by Crippen LogP contribution is -2.14. The molecule has 1 amide bonds. The SMILES string of the molecule is CC(=O)c1cccc(NC(=O)/C(=C/c2ccccc2Cl)c2ccccc2)c1. The van der Waals surface area contributed by atoms with E-state index in [0.29, 0.717) is 21.8 Å². The average molecular weight is 376 g/mol. The van der Waals surface area contributed by atoms with Crippen molar-refractivity contribution in [3.63, 3.8) is 0 Å². The Hall–Kier alpha value is -3.17. The van der Waals surface area contributed by atoms with Gasteiger partial charge in [0.15, 0.2) is 5.78 Å². The maximum Gasteiger partial charge on any atom is 0.256 e. The Morgan fingerprint density at radius 2 is 1.52 bits per heavy atom. The van der Waals surface area contributed by atoms with Crippen molar-refractivity contribution in [2.45, 2.75) is 6.92 Å². The summed E-state index contributed by atoms with van der Waals surface area (Å²) >= 11 is 6.26. The van der Waals surface area contributed by atoms with Gasteiger partial charge in [0.1, 0.15) is 0 Å². The lowest BCUT2D eigenvalue weighted by molar-refractivity contribution is -0.111. The average Bonchev–Trinajstić information content (AvgIpc) is 2.68. The lowest BCUT2D eigenvalue weighted by Gasteiger charge is -2.11. The zero-order valence-electron chi connectivity index (χ0n) is 14.8. The van der Waals surface area contributed by atoms with E-state index in [-0.39, 0.29) is 11.7 Å². The van der Waals surface area contributed by atoms with Gasteiger partial charge in [-0.2, -0.15) is 0 Å². The van der Waals surface area contributed by atoms with Gasteiger partial charge in [-0.25, -0.2) is 0 Å². The fourth-order valence-electron chi connectivity index (χ4n) is 2.66. The summed E-state index contributed by atoms with van der Waals surface area (Å²) in [5, 5.41) is 3.44. The normalized spacial score (nSPS) is 11.1. The number of anilines is 1. The third kappa shape index (κ3) is 4.72. The van der Waals surface area contributed by atoms with Crippen molar-refractivity contribution in [3.8, 4) is 0 Å². The largest absolute Gasteiger partial charge is 0.322 e. The van der Waals surface area contributed by atoms with Crippen LogP contribution in [0.25, 0.3) is 11.6 Å². The number of hydrogen-bond acceptors (Lipinski definition) is 2. The van der Waals surface area contributed by atoms with Crippen LogP contribution in [0.15, 0.2) is 78.9 Å². The van der Waals surface area contributed by atoms with E-state index in [9.17, 15) is 9.59 Å². The van der Waals surface area contributed by atoms with Crippen molar-refractivity contribution in [3.05, 3.63) is 101 Å². The monoisotopic (exact) mass is 375 g/mol. The third-order valence-electron chi connectivity index (χ3n) is 4.06. The Bertz CT molecular complexity index is 1010. The molecule has 0 spiro atoms. The van der Waals surface area contributed by atoms with Crippen LogP contribution in [0.2, 0.25) is 5.02 Å². The molecule has 0 radical (unpaired) electrons. The Morgan fingerprint density at radius 3 is 2.22 bits per heavy atom. The summed E-state index contributed by atoms with van der Waals surface area (Å²) in [6.45, 7) is 1.49. The number of carbonyl (C=O) groups is 2. The molecule has 3 aromatic carbocycles. The van der Waals surface area contributed by atoms with Gasteiger partial charge >= 0.3 is 0 Å². The van der Waals surface area contributed by atoms with E-state index in [1.807, 2.05) is 48.5 Å². The summed E-state index contributed by atoms with van der Waals surface area (Å²) in [7, 11) is 0. The third-order valence-corrected chi connectivity index (χ3v) is 4.41. The molecule has 3 nitrogen and oxygen atoms in total. The highest BCUT2D eigenvalue weighted by molar-refractivity contribution is 6.34. The van der Waals surface area contributed by atoms with E-state index < -0.39 is 0 Å². The van der Waals surface area contributed by atoms with Gasteiger partial charge in [0.2, 0.25) is 0 Å². The van der Waals surface area contributed by atoms with Gasteiger partial charge in [0, 0.05) is 21.8 Å². The van der Waals surface area contributed by atoms with E-state index in [0.717, 1.165) is 11.1 Å².